The quantitative estimate of drug-likeness (QED) is 0.175. The molecule has 0 heterocycles. The van der Waals surface area contributed by atoms with Crippen LogP contribution in [-0.2, 0) is 21.9 Å². The fraction of sp³-hybridized carbons (Fsp3) is 0.667. The molecule has 0 aliphatic heterocycles. The molecule has 0 amide bonds. The zero-order valence-electron chi connectivity index (χ0n) is 7.01. The van der Waals surface area contributed by atoms with Crippen LogP contribution >= 0.6 is 0 Å². The molecule has 0 rings (SSSR count). The maximum absolute atomic E-state index is 10.2. The summed E-state index contributed by atoms with van der Waals surface area (Å²) in [7, 11) is 0. The number of aliphatic carboxylic acids is 1. The van der Waals surface area contributed by atoms with Crippen molar-refractivity contribution in [2.75, 3.05) is 6.54 Å². The van der Waals surface area contributed by atoms with Crippen molar-refractivity contribution in [3.05, 3.63) is 0 Å². The van der Waals surface area contributed by atoms with Crippen molar-refractivity contribution in [2.45, 2.75) is 18.9 Å². The number of guanidine groups is 1. The number of nitrogens with two attached hydrogens (primary N) is 2. The molecular weight excluding hydrogens is 224 g/mol. The second kappa shape index (κ2) is 7.85. The Balaban J connectivity index is 0. The Morgan fingerprint density at radius 3 is 2.54 bits per heavy atom. The van der Waals surface area contributed by atoms with Crippen molar-refractivity contribution < 1.29 is 27.0 Å². The van der Waals surface area contributed by atoms with E-state index < -0.39 is 12.0 Å². The summed E-state index contributed by atoms with van der Waals surface area (Å²) < 4.78 is 0. The molecule has 0 saturated carbocycles. The molecule has 0 bridgehead atoms. The molecule has 0 spiro atoms. The Kier molecular flexibility index (Phi) is 8.89. The van der Waals surface area contributed by atoms with Gasteiger partial charge in [-0.15, -0.1) is 0 Å². The molecule has 0 aromatic carbocycles. The first kappa shape index (κ1) is 14.7. The van der Waals surface area contributed by atoms with E-state index in [1.165, 1.54) is 0 Å². The minimum Gasteiger partial charge on any atom is -0.480 e. The number of nitrogens with one attached hydrogen (secondary N) is 2. The topological polar surface area (TPSA) is 125 Å². The monoisotopic (exact) mass is 237 g/mol. The third-order valence-corrected chi connectivity index (χ3v) is 1.32. The maximum Gasteiger partial charge on any atom is 0.320 e. The predicted molar refractivity (Wildman–Crippen MR) is 44.8 cm³/mol. The number of carboxylic acid groups (broad SMARTS) is 1. The van der Waals surface area contributed by atoms with Crippen molar-refractivity contribution in [3.8, 4) is 0 Å². The van der Waals surface area contributed by atoms with Gasteiger partial charge in [0.25, 0.3) is 0 Å². The molecule has 0 fully saturated rings. The van der Waals surface area contributed by atoms with Crippen LogP contribution in [0, 0.1) is 5.41 Å². The first-order valence-electron chi connectivity index (χ1n) is 3.60. The van der Waals surface area contributed by atoms with Gasteiger partial charge in [-0.1, -0.05) is 0 Å². The van der Waals surface area contributed by atoms with Gasteiger partial charge in [0, 0.05) is 23.6 Å². The van der Waals surface area contributed by atoms with E-state index in [0.29, 0.717) is 19.4 Å². The van der Waals surface area contributed by atoms with Gasteiger partial charge in [-0.2, -0.15) is 0 Å². The molecule has 0 saturated heterocycles. The zero-order chi connectivity index (χ0) is 9.56. The van der Waals surface area contributed by atoms with Crippen LogP contribution in [0.4, 0.5) is 0 Å². The summed E-state index contributed by atoms with van der Waals surface area (Å²) in [6.45, 7) is 0.482. The fourth-order valence-corrected chi connectivity index (χ4v) is 0.669. The summed E-state index contributed by atoms with van der Waals surface area (Å²) in [5.41, 5.74) is 10.2. The van der Waals surface area contributed by atoms with E-state index in [9.17, 15) is 4.79 Å². The second-order valence-electron chi connectivity index (χ2n) is 2.43. The largest absolute Gasteiger partial charge is 0.480 e. The number of carboxylic acids is 1. The fourth-order valence-electron chi connectivity index (χ4n) is 0.669. The van der Waals surface area contributed by atoms with E-state index >= 15 is 0 Å². The predicted octanol–water partition coefficient (Wildman–Crippen LogP) is -1.34. The summed E-state index contributed by atoms with van der Waals surface area (Å²) in [5.74, 6) is -1.11. The molecule has 7 heteroatoms. The Morgan fingerprint density at radius 1 is 1.62 bits per heavy atom. The molecule has 0 unspecified atom stereocenters. The van der Waals surface area contributed by atoms with Gasteiger partial charge in [0.1, 0.15) is 6.04 Å². The summed E-state index contributed by atoms with van der Waals surface area (Å²) >= 11 is 0. The van der Waals surface area contributed by atoms with Crippen LogP contribution in [0.3, 0.4) is 0 Å². The van der Waals surface area contributed by atoms with E-state index in [-0.39, 0.29) is 23.0 Å². The van der Waals surface area contributed by atoms with Gasteiger partial charge in [0.05, 0.1) is 0 Å². The smallest absolute Gasteiger partial charge is 0.320 e. The Bertz CT molecular complexity index is 176. The Labute approximate surface area is 87.0 Å². The first-order valence-corrected chi connectivity index (χ1v) is 3.60. The summed E-state index contributed by atoms with van der Waals surface area (Å²) in [6.07, 6.45) is 0.975. The molecule has 13 heavy (non-hydrogen) atoms. The Hall–Kier alpha value is -0.781. The average Bonchev–Trinajstić information content (AvgIpc) is 1.97. The van der Waals surface area contributed by atoms with Gasteiger partial charge in [-0.3, -0.25) is 10.2 Å². The molecule has 0 aliphatic rings. The average molecular weight is 238 g/mol. The van der Waals surface area contributed by atoms with Crippen LogP contribution < -0.4 is 16.8 Å². The van der Waals surface area contributed by atoms with Crippen LogP contribution in [0.25, 0.3) is 0 Å². The van der Waals surface area contributed by atoms with E-state index in [2.05, 4.69) is 5.32 Å². The van der Waals surface area contributed by atoms with Gasteiger partial charge in [-0.25, -0.2) is 0 Å². The third kappa shape index (κ3) is 9.13. The summed E-state index contributed by atoms with van der Waals surface area (Å²) in [6, 6.07) is -0.821. The van der Waals surface area contributed by atoms with Crippen molar-refractivity contribution in [3.63, 3.8) is 0 Å². The van der Waals surface area contributed by atoms with Crippen molar-refractivity contribution >= 4 is 11.9 Å². The van der Waals surface area contributed by atoms with Gasteiger partial charge in [0.15, 0.2) is 5.96 Å². The summed E-state index contributed by atoms with van der Waals surface area (Å²) in [4.78, 5) is 10.2. The minimum atomic E-state index is -1.00. The molecule has 81 valence electrons. The third-order valence-electron chi connectivity index (χ3n) is 1.32. The van der Waals surface area contributed by atoms with Crippen LogP contribution in [0.5, 0.6) is 0 Å². The SMILES string of the molecule is N=C(N)NCCC[C@H](N)C(=O)O.[Cu]. The molecule has 1 atom stereocenters. The minimum absolute atomic E-state index is 0. The molecule has 6 nitrogen and oxygen atoms in total. The number of hydrogen-bond donors (Lipinski definition) is 5. The maximum atomic E-state index is 10.2. The second-order valence-corrected chi connectivity index (χ2v) is 2.43. The van der Waals surface area contributed by atoms with Crippen LogP contribution in [0.15, 0.2) is 0 Å². The van der Waals surface area contributed by atoms with Crippen LogP contribution in [-0.4, -0.2) is 29.6 Å². The number of hydrogen-bond acceptors (Lipinski definition) is 3. The molecule has 1 radical (unpaired) electrons. The zero-order valence-corrected chi connectivity index (χ0v) is 7.95. The molecule has 0 aromatic heterocycles. The van der Waals surface area contributed by atoms with Gasteiger partial charge >= 0.3 is 5.97 Å². The molecule has 0 aliphatic carbocycles. The van der Waals surface area contributed by atoms with Gasteiger partial charge in [0.2, 0.25) is 0 Å². The van der Waals surface area contributed by atoms with E-state index in [0.717, 1.165) is 0 Å². The van der Waals surface area contributed by atoms with Crippen molar-refractivity contribution in [1.82, 2.24) is 5.32 Å². The number of rotatable bonds is 5. The number of carbonyl (C=O) groups is 1. The standard InChI is InChI=1S/C6H14N4O2.Cu/c7-4(5(11)12)2-1-3-10-6(8)9;/h4H,1-3,7H2,(H,11,12)(H4,8,9,10);/t4-;/m0./s1. The molecule has 0 aromatic rings. The van der Waals surface area contributed by atoms with Crippen molar-refractivity contribution in [2.24, 2.45) is 11.5 Å². The Morgan fingerprint density at radius 2 is 2.15 bits per heavy atom. The van der Waals surface area contributed by atoms with E-state index in [1.54, 1.807) is 0 Å². The molecule has 7 N–H and O–H groups in total. The van der Waals surface area contributed by atoms with Gasteiger partial charge < -0.3 is 21.9 Å². The van der Waals surface area contributed by atoms with Crippen LogP contribution in [0.1, 0.15) is 12.8 Å². The van der Waals surface area contributed by atoms with E-state index in [1.807, 2.05) is 0 Å². The van der Waals surface area contributed by atoms with E-state index in [4.69, 9.17) is 22.0 Å². The molecular formula is C6H14CuN4O2. The summed E-state index contributed by atoms with van der Waals surface area (Å²) in [5, 5.41) is 17.7. The van der Waals surface area contributed by atoms with Gasteiger partial charge in [-0.05, 0) is 12.8 Å². The normalized spacial score (nSPS) is 11.2. The van der Waals surface area contributed by atoms with Crippen LogP contribution in [0.2, 0.25) is 0 Å². The first-order chi connectivity index (χ1) is 5.54. The van der Waals surface area contributed by atoms with Crippen molar-refractivity contribution in [1.29, 1.82) is 5.41 Å².